The van der Waals surface area contributed by atoms with E-state index in [2.05, 4.69) is 0 Å². The molecule has 1 amide bonds. The van der Waals surface area contributed by atoms with Gasteiger partial charge in [-0.3, -0.25) is 9.59 Å². The summed E-state index contributed by atoms with van der Waals surface area (Å²) < 4.78 is 11.5. The molecule has 3 aliphatic rings. The number of aryl methyl sites for hydroxylation is 1. The maximum Gasteiger partial charge on any atom is 0.313 e. The van der Waals surface area contributed by atoms with Crippen molar-refractivity contribution in [3.8, 4) is 0 Å². The molecule has 0 saturated carbocycles. The highest BCUT2D eigenvalue weighted by Gasteiger charge is 2.67. The van der Waals surface area contributed by atoms with Gasteiger partial charge in [-0.15, -0.1) is 0 Å². The number of rotatable bonds is 3. The van der Waals surface area contributed by atoms with Gasteiger partial charge in [0.2, 0.25) is 5.91 Å². The highest BCUT2D eigenvalue weighted by atomic mass is 16.6. The summed E-state index contributed by atoms with van der Waals surface area (Å²) in [7, 11) is 0. The van der Waals surface area contributed by atoms with Crippen molar-refractivity contribution in [2.75, 3.05) is 11.4 Å². The smallest absolute Gasteiger partial charge is 0.313 e. The Morgan fingerprint density at radius 3 is 2.83 bits per heavy atom. The van der Waals surface area contributed by atoms with Crippen molar-refractivity contribution < 1.29 is 19.1 Å². The van der Waals surface area contributed by atoms with Crippen molar-refractivity contribution in [1.29, 1.82) is 0 Å². The van der Waals surface area contributed by atoms with E-state index in [0.29, 0.717) is 6.54 Å². The number of para-hydroxylation sites is 1. The lowest BCUT2D eigenvalue weighted by Crippen LogP contribution is -2.40. The molecule has 5 heteroatoms. The maximum absolute atomic E-state index is 13.1. The first kappa shape index (κ1) is 15.4. The highest BCUT2D eigenvalue weighted by Crippen LogP contribution is 2.53. The van der Waals surface area contributed by atoms with E-state index in [0.717, 1.165) is 11.3 Å². The Morgan fingerprint density at radius 1 is 1.38 bits per heavy atom. The topological polar surface area (TPSA) is 55.8 Å². The summed E-state index contributed by atoms with van der Waals surface area (Å²) in [6.45, 7) is 6.05. The summed E-state index contributed by atoms with van der Waals surface area (Å²) in [5.41, 5.74) is 1.20. The summed E-state index contributed by atoms with van der Waals surface area (Å²) in [4.78, 5) is 27.4. The van der Waals surface area contributed by atoms with Crippen molar-refractivity contribution in [2.45, 2.75) is 38.6 Å². The van der Waals surface area contributed by atoms with Gasteiger partial charge in [-0.25, -0.2) is 0 Å². The van der Waals surface area contributed by atoms with Gasteiger partial charge in [0, 0.05) is 5.69 Å². The van der Waals surface area contributed by atoms with Crippen LogP contribution in [0.5, 0.6) is 0 Å². The van der Waals surface area contributed by atoms with E-state index < -0.39 is 17.4 Å². The van der Waals surface area contributed by atoms with Crippen LogP contribution in [0.3, 0.4) is 0 Å². The van der Waals surface area contributed by atoms with Gasteiger partial charge in [-0.1, -0.05) is 30.4 Å². The minimum absolute atomic E-state index is 0.0538. The Hall–Kier alpha value is -2.14. The number of esters is 1. The van der Waals surface area contributed by atoms with Gasteiger partial charge in [0.25, 0.3) is 0 Å². The van der Waals surface area contributed by atoms with Crippen molar-refractivity contribution >= 4 is 17.6 Å². The first-order valence-corrected chi connectivity index (χ1v) is 8.37. The Kier molecular flexibility index (Phi) is 3.32. The van der Waals surface area contributed by atoms with Gasteiger partial charge in [-0.05, 0) is 32.4 Å². The molecule has 1 aromatic rings. The number of fused-ring (bicyclic) bond motifs is 1. The molecule has 2 bridgehead atoms. The van der Waals surface area contributed by atoms with E-state index in [-0.39, 0.29) is 24.1 Å². The number of nitrogens with zero attached hydrogens (tertiary/aromatic N) is 1. The Morgan fingerprint density at radius 2 is 2.12 bits per heavy atom. The first-order chi connectivity index (χ1) is 11.4. The summed E-state index contributed by atoms with van der Waals surface area (Å²) in [6, 6.07) is 7.78. The number of carbonyl (C=O) groups is 2. The molecular formula is C19H21NO4. The molecular weight excluding hydrogens is 306 g/mol. The third-order valence-corrected chi connectivity index (χ3v) is 5.13. The zero-order valence-electron chi connectivity index (χ0n) is 14.1. The first-order valence-electron chi connectivity index (χ1n) is 8.37. The fourth-order valence-electron chi connectivity index (χ4n) is 4.15. The van der Waals surface area contributed by atoms with Gasteiger partial charge in [0.1, 0.15) is 11.5 Å². The standard InChI is InChI=1S/C19H21NO4/c1-11(2)23-18(22)15-14-8-9-19(24-14)10-20(17(21)16(15)19)13-7-5-4-6-12(13)3/h4-9,11,14-16H,10H2,1-3H3/t14-,15+,16+,19-/m1/s1. The zero-order valence-corrected chi connectivity index (χ0v) is 14.1. The molecule has 0 aromatic heterocycles. The van der Waals surface area contributed by atoms with E-state index >= 15 is 0 Å². The average Bonchev–Trinajstić information content (AvgIpc) is 3.15. The minimum Gasteiger partial charge on any atom is -0.463 e. The molecule has 0 aliphatic carbocycles. The summed E-state index contributed by atoms with van der Waals surface area (Å²) in [6.07, 6.45) is 3.29. The van der Waals surface area contributed by atoms with E-state index in [1.54, 1.807) is 4.90 Å². The van der Waals surface area contributed by atoms with Gasteiger partial charge in [0.05, 0.1) is 24.7 Å². The molecule has 2 saturated heterocycles. The van der Waals surface area contributed by atoms with E-state index in [9.17, 15) is 9.59 Å². The molecule has 4 rings (SSSR count). The number of benzene rings is 1. The van der Waals surface area contributed by atoms with Crippen molar-refractivity contribution in [2.24, 2.45) is 11.8 Å². The van der Waals surface area contributed by atoms with Crippen LogP contribution in [-0.2, 0) is 19.1 Å². The molecule has 3 heterocycles. The summed E-state index contributed by atoms with van der Waals surface area (Å²) in [5.74, 6) is -1.45. The van der Waals surface area contributed by atoms with Crippen LogP contribution >= 0.6 is 0 Å². The van der Waals surface area contributed by atoms with Gasteiger partial charge in [0.15, 0.2) is 0 Å². The number of hydrogen-bond donors (Lipinski definition) is 0. The van der Waals surface area contributed by atoms with Crippen molar-refractivity contribution in [3.05, 3.63) is 42.0 Å². The highest BCUT2D eigenvalue weighted by molar-refractivity contribution is 6.03. The van der Waals surface area contributed by atoms with Gasteiger partial charge < -0.3 is 14.4 Å². The summed E-state index contributed by atoms with van der Waals surface area (Å²) in [5, 5.41) is 0. The van der Waals surface area contributed by atoms with Crippen LogP contribution in [0.15, 0.2) is 36.4 Å². The van der Waals surface area contributed by atoms with Crippen LogP contribution in [0.1, 0.15) is 19.4 Å². The molecule has 3 aliphatic heterocycles. The summed E-state index contributed by atoms with van der Waals surface area (Å²) >= 11 is 0. The fraction of sp³-hybridized carbons (Fsp3) is 0.474. The maximum atomic E-state index is 13.1. The van der Waals surface area contributed by atoms with Crippen LogP contribution in [0, 0.1) is 18.8 Å². The number of anilines is 1. The second-order valence-corrected chi connectivity index (χ2v) is 7.10. The normalized spacial score (nSPS) is 33.4. The molecule has 5 nitrogen and oxygen atoms in total. The SMILES string of the molecule is Cc1ccccc1N1C[C@@]23C=C[C@@H](O2)[C@H](C(=O)OC(C)C)[C@H]3C1=O. The number of carbonyl (C=O) groups excluding carboxylic acids is 2. The lowest BCUT2D eigenvalue weighted by molar-refractivity contribution is -0.156. The largest absolute Gasteiger partial charge is 0.463 e. The Balaban J connectivity index is 1.69. The number of ether oxygens (including phenoxy) is 2. The molecule has 1 spiro atoms. The molecule has 4 atom stereocenters. The van der Waals surface area contributed by atoms with Crippen LogP contribution in [0.25, 0.3) is 0 Å². The molecule has 24 heavy (non-hydrogen) atoms. The number of hydrogen-bond acceptors (Lipinski definition) is 4. The molecule has 0 radical (unpaired) electrons. The molecule has 2 fully saturated rings. The molecule has 0 N–H and O–H groups in total. The second kappa shape index (κ2) is 5.18. The zero-order chi connectivity index (χ0) is 17.1. The predicted octanol–water partition coefficient (Wildman–Crippen LogP) is 2.23. The number of amides is 1. The molecule has 1 aromatic carbocycles. The van der Waals surface area contributed by atoms with Crippen molar-refractivity contribution in [3.63, 3.8) is 0 Å². The average molecular weight is 327 g/mol. The van der Waals surface area contributed by atoms with Gasteiger partial charge in [-0.2, -0.15) is 0 Å². The fourth-order valence-corrected chi connectivity index (χ4v) is 4.15. The monoisotopic (exact) mass is 327 g/mol. The molecule has 126 valence electrons. The lowest BCUT2D eigenvalue weighted by atomic mass is 9.77. The van der Waals surface area contributed by atoms with E-state index in [4.69, 9.17) is 9.47 Å². The van der Waals surface area contributed by atoms with Crippen molar-refractivity contribution in [1.82, 2.24) is 0 Å². The quantitative estimate of drug-likeness (QED) is 0.631. The molecule has 0 unspecified atom stereocenters. The Bertz CT molecular complexity index is 741. The van der Waals surface area contributed by atoms with Crippen LogP contribution < -0.4 is 4.90 Å². The lowest BCUT2D eigenvalue weighted by Gasteiger charge is -2.23. The van der Waals surface area contributed by atoms with Crippen LogP contribution in [0.2, 0.25) is 0 Å². The van der Waals surface area contributed by atoms with E-state index in [1.807, 2.05) is 57.2 Å². The van der Waals surface area contributed by atoms with Crippen LogP contribution in [-0.4, -0.2) is 36.2 Å². The third kappa shape index (κ3) is 2.04. The second-order valence-electron chi connectivity index (χ2n) is 7.10. The Labute approximate surface area is 141 Å². The van der Waals surface area contributed by atoms with E-state index in [1.165, 1.54) is 0 Å². The predicted molar refractivity (Wildman–Crippen MR) is 88.5 cm³/mol. The minimum atomic E-state index is -0.704. The third-order valence-electron chi connectivity index (χ3n) is 5.13. The van der Waals surface area contributed by atoms with Gasteiger partial charge >= 0.3 is 5.97 Å². The van der Waals surface area contributed by atoms with Crippen LogP contribution in [0.4, 0.5) is 5.69 Å².